The van der Waals surface area contributed by atoms with Crippen molar-refractivity contribution in [2.24, 2.45) is 5.73 Å². The van der Waals surface area contributed by atoms with Crippen molar-refractivity contribution in [3.63, 3.8) is 0 Å². The lowest BCUT2D eigenvalue weighted by molar-refractivity contribution is 0.976. The van der Waals surface area contributed by atoms with Gasteiger partial charge in [-0.3, -0.25) is 4.98 Å². The molecule has 5 heteroatoms. The van der Waals surface area contributed by atoms with Crippen LogP contribution in [0.1, 0.15) is 5.69 Å². The maximum absolute atomic E-state index is 5.54. The van der Waals surface area contributed by atoms with Gasteiger partial charge in [-0.2, -0.15) is 0 Å². The maximum Gasteiger partial charge on any atom is 0.101 e. The normalized spacial score (nSPS) is 10.4. The second-order valence-corrected chi connectivity index (χ2v) is 5.11. The molecule has 0 aliphatic carbocycles. The van der Waals surface area contributed by atoms with Gasteiger partial charge in [0.25, 0.3) is 0 Å². The average molecular weight is 296 g/mol. The van der Waals surface area contributed by atoms with Gasteiger partial charge in [0.15, 0.2) is 0 Å². The van der Waals surface area contributed by atoms with Crippen LogP contribution in [0.2, 0.25) is 0 Å². The number of nitrogens with two attached hydrogens (primary N) is 1. The van der Waals surface area contributed by atoms with Gasteiger partial charge in [-0.05, 0) is 40.2 Å². The number of rotatable bonds is 3. The molecule has 0 fully saturated rings. The number of aromatic nitrogens is 2. The predicted molar refractivity (Wildman–Crippen MR) is 68.2 cm³/mol. The summed E-state index contributed by atoms with van der Waals surface area (Å²) in [4.78, 5) is 9.54. The number of hydrogen-bond donors (Lipinski definition) is 1. The number of halogens is 1. The van der Waals surface area contributed by atoms with Crippen molar-refractivity contribution in [1.29, 1.82) is 0 Å². The summed E-state index contributed by atoms with van der Waals surface area (Å²) in [5.74, 6) is 0. The first-order chi connectivity index (χ1) is 7.78. The summed E-state index contributed by atoms with van der Waals surface area (Å²) in [7, 11) is 0. The second kappa shape index (κ2) is 5.43. The highest BCUT2D eigenvalue weighted by molar-refractivity contribution is 9.10. The summed E-state index contributed by atoms with van der Waals surface area (Å²) in [5.41, 5.74) is 6.43. The van der Waals surface area contributed by atoms with Gasteiger partial charge in [0.1, 0.15) is 5.03 Å². The molecule has 0 aliphatic rings. The van der Waals surface area contributed by atoms with E-state index in [0.29, 0.717) is 6.54 Å². The van der Waals surface area contributed by atoms with E-state index in [2.05, 4.69) is 25.9 Å². The Balaban J connectivity index is 2.16. The Hall–Kier alpha value is -0.910. The Kier molecular flexibility index (Phi) is 3.93. The zero-order valence-electron chi connectivity index (χ0n) is 8.43. The van der Waals surface area contributed by atoms with Crippen molar-refractivity contribution in [2.75, 3.05) is 0 Å². The third kappa shape index (κ3) is 3.04. The molecule has 3 nitrogen and oxygen atoms in total. The molecule has 0 aromatic carbocycles. The smallest absolute Gasteiger partial charge is 0.101 e. The van der Waals surface area contributed by atoms with Crippen LogP contribution in [0.5, 0.6) is 0 Å². The molecule has 16 heavy (non-hydrogen) atoms. The summed E-state index contributed by atoms with van der Waals surface area (Å²) >= 11 is 4.95. The fourth-order valence-corrected chi connectivity index (χ4v) is 2.22. The fraction of sp³-hybridized carbons (Fsp3) is 0.0909. The van der Waals surface area contributed by atoms with E-state index in [9.17, 15) is 0 Å². The molecule has 0 saturated carbocycles. The van der Waals surface area contributed by atoms with Gasteiger partial charge < -0.3 is 5.73 Å². The molecule has 2 heterocycles. The maximum atomic E-state index is 5.54. The quantitative estimate of drug-likeness (QED) is 0.946. The summed E-state index contributed by atoms with van der Waals surface area (Å²) in [5, 5.41) is 0.956. The van der Waals surface area contributed by atoms with Crippen LogP contribution in [-0.4, -0.2) is 9.97 Å². The molecule has 0 amide bonds. The van der Waals surface area contributed by atoms with Gasteiger partial charge in [-0.15, -0.1) is 0 Å². The van der Waals surface area contributed by atoms with Crippen LogP contribution in [-0.2, 0) is 6.54 Å². The van der Waals surface area contributed by atoms with Crippen molar-refractivity contribution in [3.05, 3.63) is 46.8 Å². The molecule has 2 aromatic rings. The van der Waals surface area contributed by atoms with Crippen LogP contribution in [0.15, 0.2) is 51.1 Å². The van der Waals surface area contributed by atoms with E-state index in [4.69, 9.17) is 5.73 Å². The molecule has 2 aromatic heterocycles. The van der Waals surface area contributed by atoms with Crippen molar-refractivity contribution < 1.29 is 0 Å². The zero-order chi connectivity index (χ0) is 11.4. The summed E-state index contributed by atoms with van der Waals surface area (Å²) in [6.07, 6.45) is 3.55. The molecule has 2 rings (SSSR count). The fourth-order valence-electron chi connectivity index (χ4n) is 1.17. The minimum absolute atomic E-state index is 0.460. The Morgan fingerprint density at radius 3 is 2.81 bits per heavy atom. The standard InChI is InChI=1S/C11H10BrN3S/c12-8-1-2-11(15-7-8)16-10-3-4-14-9(5-10)6-13/h1-5,7H,6,13H2. The van der Waals surface area contributed by atoms with E-state index < -0.39 is 0 Å². The first-order valence-corrected chi connectivity index (χ1v) is 6.33. The second-order valence-electron chi connectivity index (χ2n) is 3.10. The largest absolute Gasteiger partial charge is 0.325 e. The molecule has 0 aliphatic heterocycles. The van der Waals surface area contributed by atoms with Crippen molar-refractivity contribution in [2.45, 2.75) is 16.5 Å². The molecule has 82 valence electrons. The predicted octanol–water partition coefficient (Wildman–Crippen LogP) is 2.85. The van der Waals surface area contributed by atoms with E-state index in [1.807, 2.05) is 24.3 Å². The molecule has 0 spiro atoms. The third-order valence-electron chi connectivity index (χ3n) is 1.92. The van der Waals surface area contributed by atoms with Crippen molar-refractivity contribution in [1.82, 2.24) is 9.97 Å². The number of hydrogen-bond acceptors (Lipinski definition) is 4. The molecular formula is C11H10BrN3S. The lowest BCUT2D eigenvalue weighted by Crippen LogP contribution is -1.98. The van der Waals surface area contributed by atoms with Crippen LogP contribution in [0.3, 0.4) is 0 Å². The van der Waals surface area contributed by atoms with Gasteiger partial charge in [0, 0.05) is 28.3 Å². The van der Waals surface area contributed by atoms with Gasteiger partial charge in [-0.1, -0.05) is 11.8 Å². The zero-order valence-corrected chi connectivity index (χ0v) is 10.8. The highest BCUT2D eigenvalue weighted by atomic mass is 79.9. The number of pyridine rings is 2. The van der Waals surface area contributed by atoms with Gasteiger partial charge in [-0.25, -0.2) is 4.98 Å². The van der Waals surface area contributed by atoms with Crippen LogP contribution in [0, 0.1) is 0 Å². The van der Waals surface area contributed by atoms with Crippen molar-refractivity contribution in [3.8, 4) is 0 Å². The highest BCUT2D eigenvalue weighted by Crippen LogP contribution is 2.26. The van der Waals surface area contributed by atoms with Gasteiger partial charge >= 0.3 is 0 Å². The molecule has 0 bridgehead atoms. The molecule has 0 radical (unpaired) electrons. The molecular weight excluding hydrogens is 286 g/mol. The first-order valence-electron chi connectivity index (χ1n) is 4.72. The van der Waals surface area contributed by atoms with Crippen LogP contribution >= 0.6 is 27.7 Å². The van der Waals surface area contributed by atoms with Crippen LogP contribution < -0.4 is 5.73 Å². The Bertz CT molecular complexity index is 473. The lowest BCUT2D eigenvalue weighted by atomic mass is 10.3. The molecule has 0 atom stereocenters. The Morgan fingerprint density at radius 1 is 1.25 bits per heavy atom. The summed E-state index contributed by atoms with van der Waals surface area (Å²) in [6.45, 7) is 0.460. The molecule has 0 unspecified atom stereocenters. The van der Waals surface area contributed by atoms with E-state index in [0.717, 1.165) is 20.1 Å². The Labute approximate surface area is 107 Å². The monoisotopic (exact) mass is 295 g/mol. The SMILES string of the molecule is NCc1cc(Sc2ccc(Br)cn2)ccn1. The topological polar surface area (TPSA) is 51.8 Å². The third-order valence-corrected chi connectivity index (χ3v) is 3.33. The minimum Gasteiger partial charge on any atom is -0.325 e. The van der Waals surface area contributed by atoms with E-state index in [1.165, 1.54) is 0 Å². The molecule has 2 N–H and O–H groups in total. The van der Waals surface area contributed by atoms with Crippen LogP contribution in [0.25, 0.3) is 0 Å². The summed E-state index contributed by atoms with van der Waals surface area (Å²) < 4.78 is 0.981. The Morgan fingerprint density at radius 2 is 2.12 bits per heavy atom. The van der Waals surface area contributed by atoms with E-state index in [1.54, 1.807) is 24.2 Å². The van der Waals surface area contributed by atoms with Crippen LogP contribution in [0.4, 0.5) is 0 Å². The lowest BCUT2D eigenvalue weighted by Gasteiger charge is -2.02. The van der Waals surface area contributed by atoms with E-state index >= 15 is 0 Å². The molecule has 0 saturated heterocycles. The number of nitrogens with zero attached hydrogens (tertiary/aromatic N) is 2. The first kappa shape index (κ1) is 11.6. The highest BCUT2D eigenvalue weighted by Gasteiger charge is 2.00. The summed E-state index contributed by atoms with van der Waals surface area (Å²) in [6, 6.07) is 7.87. The van der Waals surface area contributed by atoms with Crippen molar-refractivity contribution >= 4 is 27.7 Å². The van der Waals surface area contributed by atoms with Gasteiger partial charge in [0.05, 0.1) is 5.69 Å². The average Bonchev–Trinajstić information content (AvgIpc) is 2.32. The minimum atomic E-state index is 0.460. The van der Waals surface area contributed by atoms with Gasteiger partial charge in [0.2, 0.25) is 0 Å². The van der Waals surface area contributed by atoms with E-state index in [-0.39, 0.29) is 0 Å².